The Labute approximate surface area is 340 Å². The Kier molecular flexibility index (Phi) is 6.87. The third-order valence-electron chi connectivity index (χ3n) is 13.9. The summed E-state index contributed by atoms with van der Waals surface area (Å²) in [6.07, 6.45) is 0.921. The van der Waals surface area contributed by atoms with Crippen molar-refractivity contribution in [3.05, 3.63) is 209 Å². The number of hydrogen-bond acceptors (Lipinski definition) is 1. The SMILES string of the molecule is CC1(C)c2ccccc2-c2ccc(-c3ccc4c(N5c6ccccc6Cc6ccccc65)c5ccccc5c(-c5cccc6c5-c5ccccc5C6(C)C)c4c3)cc21. The molecule has 0 fully saturated rings. The molecule has 2 aliphatic carbocycles. The smallest absolute Gasteiger partial charge is 0.0619 e. The Morgan fingerprint density at radius 3 is 1.64 bits per heavy atom. The number of anilines is 3. The van der Waals surface area contributed by atoms with Gasteiger partial charge in [0.1, 0.15) is 0 Å². The van der Waals surface area contributed by atoms with Crippen molar-refractivity contribution >= 4 is 38.6 Å². The first-order valence-corrected chi connectivity index (χ1v) is 20.7. The van der Waals surface area contributed by atoms with Crippen LogP contribution in [-0.4, -0.2) is 0 Å². The molecule has 9 aromatic rings. The Morgan fingerprint density at radius 1 is 0.362 bits per heavy atom. The van der Waals surface area contributed by atoms with Gasteiger partial charge >= 0.3 is 0 Å². The predicted octanol–water partition coefficient (Wildman–Crippen LogP) is 15.3. The van der Waals surface area contributed by atoms with E-state index in [1.54, 1.807) is 0 Å². The largest absolute Gasteiger partial charge is 0.309 e. The first-order valence-electron chi connectivity index (χ1n) is 20.7. The third-order valence-corrected chi connectivity index (χ3v) is 13.9. The molecule has 0 spiro atoms. The molecule has 0 atom stereocenters. The highest BCUT2D eigenvalue weighted by Gasteiger charge is 2.38. The molecule has 1 heterocycles. The molecule has 0 aromatic heterocycles. The summed E-state index contributed by atoms with van der Waals surface area (Å²) in [6.45, 7) is 9.53. The molecule has 276 valence electrons. The minimum Gasteiger partial charge on any atom is -0.309 e. The maximum atomic E-state index is 2.56. The van der Waals surface area contributed by atoms with Gasteiger partial charge in [0.25, 0.3) is 0 Å². The first kappa shape index (κ1) is 33.4. The standard InChI is InChI=1S/C57H43N/c1-56(2)48-24-12-10-21-44(48)54-45(22-15-25-49(54)56)53-41-19-7-8-20-42(41)55(58-51-26-13-5-16-37(51)32-38-17-6-14-27-52(38)58)43-31-29-35(33-46(43)53)36-28-30-40-39-18-9-11-23-47(39)57(3,4)50(40)34-36/h5-31,33-34H,32H2,1-4H3. The van der Waals surface area contributed by atoms with Crippen LogP contribution in [-0.2, 0) is 17.3 Å². The molecule has 0 N–H and O–H groups in total. The second kappa shape index (κ2) is 11.9. The van der Waals surface area contributed by atoms with Crippen molar-refractivity contribution in [1.29, 1.82) is 0 Å². The molecule has 1 nitrogen and oxygen atoms in total. The molecule has 12 rings (SSSR count). The van der Waals surface area contributed by atoms with Gasteiger partial charge in [-0.1, -0.05) is 179 Å². The lowest BCUT2D eigenvalue weighted by Crippen LogP contribution is -2.19. The third kappa shape index (κ3) is 4.48. The van der Waals surface area contributed by atoms with E-state index in [1.165, 1.54) is 116 Å². The Hall–Kier alpha value is -6.70. The molecule has 58 heavy (non-hydrogen) atoms. The normalized spacial score (nSPS) is 15.1. The highest BCUT2D eigenvalue weighted by atomic mass is 15.2. The lowest BCUT2D eigenvalue weighted by Gasteiger charge is -2.35. The summed E-state index contributed by atoms with van der Waals surface area (Å²) in [5, 5.41) is 5.04. The second-order valence-electron chi connectivity index (χ2n) is 17.6. The van der Waals surface area contributed by atoms with E-state index in [0.29, 0.717) is 0 Å². The van der Waals surface area contributed by atoms with Gasteiger partial charge < -0.3 is 4.90 Å². The van der Waals surface area contributed by atoms with Crippen LogP contribution < -0.4 is 4.90 Å². The van der Waals surface area contributed by atoms with E-state index in [0.717, 1.165) is 6.42 Å². The number of hydrogen-bond donors (Lipinski definition) is 0. The van der Waals surface area contributed by atoms with Gasteiger partial charge in [-0.2, -0.15) is 0 Å². The summed E-state index contributed by atoms with van der Waals surface area (Å²) in [5.74, 6) is 0. The monoisotopic (exact) mass is 741 g/mol. The van der Waals surface area contributed by atoms with E-state index >= 15 is 0 Å². The lowest BCUT2D eigenvalue weighted by atomic mass is 9.80. The Bertz CT molecular complexity index is 3170. The van der Waals surface area contributed by atoms with Crippen LogP contribution in [0, 0.1) is 0 Å². The highest BCUT2D eigenvalue weighted by molar-refractivity contribution is 6.24. The molecule has 3 aliphatic rings. The molecular formula is C57H43N. The zero-order valence-electron chi connectivity index (χ0n) is 33.4. The van der Waals surface area contributed by atoms with Crippen molar-refractivity contribution in [2.45, 2.75) is 44.9 Å². The minimum atomic E-state index is -0.103. The molecular weight excluding hydrogens is 699 g/mol. The van der Waals surface area contributed by atoms with Crippen LogP contribution in [0.3, 0.4) is 0 Å². The highest BCUT2D eigenvalue weighted by Crippen LogP contribution is 2.57. The summed E-state index contributed by atoms with van der Waals surface area (Å²) in [4.78, 5) is 2.56. The fourth-order valence-corrected chi connectivity index (χ4v) is 11.0. The van der Waals surface area contributed by atoms with Gasteiger partial charge in [0.05, 0.1) is 5.69 Å². The van der Waals surface area contributed by atoms with Crippen LogP contribution in [0.1, 0.15) is 61.1 Å². The zero-order valence-corrected chi connectivity index (χ0v) is 33.4. The quantitative estimate of drug-likeness (QED) is 0.163. The van der Waals surface area contributed by atoms with Crippen LogP contribution in [0.5, 0.6) is 0 Å². The maximum absolute atomic E-state index is 2.56. The van der Waals surface area contributed by atoms with Gasteiger partial charge in [-0.05, 0) is 113 Å². The summed E-state index contributed by atoms with van der Waals surface area (Å²) in [5.41, 5.74) is 22.3. The summed E-state index contributed by atoms with van der Waals surface area (Å²) >= 11 is 0. The van der Waals surface area contributed by atoms with E-state index in [-0.39, 0.29) is 10.8 Å². The van der Waals surface area contributed by atoms with E-state index in [2.05, 4.69) is 209 Å². The van der Waals surface area contributed by atoms with Crippen LogP contribution in [0.2, 0.25) is 0 Å². The molecule has 1 heteroatoms. The fraction of sp³-hybridized carbons (Fsp3) is 0.123. The fourth-order valence-electron chi connectivity index (χ4n) is 11.0. The van der Waals surface area contributed by atoms with Gasteiger partial charge in [-0.25, -0.2) is 0 Å². The van der Waals surface area contributed by atoms with Crippen LogP contribution in [0.4, 0.5) is 17.1 Å². The van der Waals surface area contributed by atoms with Gasteiger partial charge in [0, 0.05) is 39.4 Å². The molecule has 9 aromatic carbocycles. The number of rotatable bonds is 3. The van der Waals surface area contributed by atoms with Crippen molar-refractivity contribution < 1.29 is 0 Å². The Morgan fingerprint density at radius 2 is 0.879 bits per heavy atom. The molecule has 0 radical (unpaired) electrons. The van der Waals surface area contributed by atoms with Crippen molar-refractivity contribution in [2.75, 3.05) is 4.90 Å². The molecule has 0 saturated carbocycles. The molecule has 0 unspecified atom stereocenters. The van der Waals surface area contributed by atoms with E-state index in [1.807, 2.05) is 0 Å². The van der Waals surface area contributed by atoms with E-state index < -0.39 is 0 Å². The predicted molar refractivity (Wildman–Crippen MR) is 245 cm³/mol. The van der Waals surface area contributed by atoms with E-state index in [9.17, 15) is 0 Å². The van der Waals surface area contributed by atoms with Crippen molar-refractivity contribution in [3.63, 3.8) is 0 Å². The number of benzene rings is 9. The summed E-state index contributed by atoms with van der Waals surface area (Å²) in [6, 6.07) is 66.6. The first-order chi connectivity index (χ1) is 28.3. The van der Waals surface area contributed by atoms with Gasteiger partial charge in [-0.3, -0.25) is 0 Å². The molecule has 1 aliphatic heterocycles. The van der Waals surface area contributed by atoms with Crippen molar-refractivity contribution in [1.82, 2.24) is 0 Å². The minimum absolute atomic E-state index is 0.0762. The van der Waals surface area contributed by atoms with Gasteiger partial charge in [0.2, 0.25) is 0 Å². The number of nitrogens with zero attached hydrogens (tertiary/aromatic N) is 1. The summed E-state index contributed by atoms with van der Waals surface area (Å²) in [7, 11) is 0. The van der Waals surface area contributed by atoms with Crippen LogP contribution in [0.15, 0.2) is 176 Å². The van der Waals surface area contributed by atoms with Crippen molar-refractivity contribution in [2.24, 2.45) is 0 Å². The van der Waals surface area contributed by atoms with Crippen LogP contribution in [0.25, 0.3) is 66.1 Å². The summed E-state index contributed by atoms with van der Waals surface area (Å²) < 4.78 is 0. The number of para-hydroxylation sites is 2. The van der Waals surface area contributed by atoms with Gasteiger partial charge in [-0.15, -0.1) is 0 Å². The molecule has 0 saturated heterocycles. The van der Waals surface area contributed by atoms with Crippen molar-refractivity contribution in [3.8, 4) is 44.5 Å². The average Bonchev–Trinajstić information content (AvgIpc) is 3.64. The van der Waals surface area contributed by atoms with Crippen LogP contribution >= 0.6 is 0 Å². The topological polar surface area (TPSA) is 3.24 Å². The molecule has 0 bridgehead atoms. The second-order valence-corrected chi connectivity index (χ2v) is 17.6. The Balaban J connectivity index is 1.20. The molecule has 0 amide bonds. The average molecular weight is 742 g/mol. The van der Waals surface area contributed by atoms with Gasteiger partial charge in [0.15, 0.2) is 0 Å². The number of fused-ring (bicyclic) bond motifs is 10. The maximum Gasteiger partial charge on any atom is 0.0619 e. The van der Waals surface area contributed by atoms with E-state index in [4.69, 9.17) is 0 Å². The zero-order chi connectivity index (χ0) is 38.9. The lowest BCUT2D eigenvalue weighted by molar-refractivity contribution is 0.660.